The third-order valence-corrected chi connectivity index (χ3v) is 4.01. The van der Waals surface area contributed by atoms with E-state index in [1.807, 2.05) is 0 Å². The van der Waals surface area contributed by atoms with Crippen molar-refractivity contribution in [3.63, 3.8) is 0 Å². The number of hydrogen-bond acceptors (Lipinski definition) is 2. The minimum Gasteiger partial charge on any atom is -0.302 e. The van der Waals surface area contributed by atoms with Crippen LogP contribution in [0.4, 0.5) is 0 Å². The molecule has 2 bridgehead atoms. The van der Waals surface area contributed by atoms with Gasteiger partial charge in [-0.1, -0.05) is 30.3 Å². The highest BCUT2D eigenvalue weighted by molar-refractivity contribution is 5.14. The topological polar surface area (TPSA) is 6.48 Å². The van der Waals surface area contributed by atoms with Crippen LogP contribution in [0.1, 0.15) is 18.4 Å². The first-order chi connectivity index (χ1) is 7.92. The van der Waals surface area contributed by atoms with E-state index in [9.17, 15) is 0 Å². The molecule has 3 aliphatic heterocycles. The Kier molecular flexibility index (Phi) is 2.94. The maximum absolute atomic E-state index is 2.68. The zero-order valence-electron chi connectivity index (χ0n) is 9.81. The number of rotatable bonds is 2. The molecule has 0 amide bonds. The summed E-state index contributed by atoms with van der Waals surface area (Å²) < 4.78 is 0. The van der Waals surface area contributed by atoms with Crippen molar-refractivity contribution >= 4 is 0 Å². The Hall–Kier alpha value is -0.860. The van der Waals surface area contributed by atoms with Crippen molar-refractivity contribution in [2.75, 3.05) is 26.2 Å². The molecule has 2 nitrogen and oxygen atoms in total. The predicted octanol–water partition coefficient (Wildman–Crippen LogP) is 1.97. The van der Waals surface area contributed by atoms with Crippen molar-refractivity contribution in [2.45, 2.75) is 25.4 Å². The average molecular weight is 216 g/mol. The van der Waals surface area contributed by atoms with Gasteiger partial charge in [0.1, 0.15) is 0 Å². The van der Waals surface area contributed by atoms with Crippen LogP contribution in [0.15, 0.2) is 30.3 Å². The normalized spacial score (nSPS) is 30.2. The summed E-state index contributed by atoms with van der Waals surface area (Å²) in [6.45, 7) is 6.29. The molecular formula is C14H20N2. The van der Waals surface area contributed by atoms with Crippen molar-refractivity contribution in [1.29, 1.82) is 0 Å². The van der Waals surface area contributed by atoms with Crippen LogP contribution >= 0.6 is 0 Å². The van der Waals surface area contributed by atoms with Gasteiger partial charge in [0, 0.05) is 25.7 Å². The van der Waals surface area contributed by atoms with Crippen LogP contribution in [-0.4, -0.2) is 42.0 Å². The minimum absolute atomic E-state index is 0.832. The first-order valence-electron chi connectivity index (χ1n) is 6.42. The SMILES string of the molecule is c1ccc(CN2CCN3CCC2CC3)cc1. The quantitative estimate of drug-likeness (QED) is 0.745. The van der Waals surface area contributed by atoms with Gasteiger partial charge < -0.3 is 4.90 Å². The molecule has 0 N–H and O–H groups in total. The summed E-state index contributed by atoms with van der Waals surface area (Å²) in [4.78, 5) is 5.30. The highest BCUT2D eigenvalue weighted by atomic mass is 15.3. The summed E-state index contributed by atoms with van der Waals surface area (Å²) in [6, 6.07) is 11.7. The average Bonchev–Trinajstić information content (AvgIpc) is 2.65. The van der Waals surface area contributed by atoms with Gasteiger partial charge in [0.2, 0.25) is 0 Å². The molecule has 3 saturated heterocycles. The third kappa shape index (κ3) is 2.13. The summed E-state index contributed by atoms with van der Waals surface area (Å²) in [5.41, 5.74) is 1.46. The molecule has 1 aromatic rings. The zero-order valence-corrected chi connectivity index (χ0v) is 9.81. The van der Waals surface area contributed by atoms with E-state index in [1.54, 1.807) is 0 Å². The molecule has 3 aliphatic rings. The maximum Gasteiger partial charge on any atom is 0.0237 e. The minimum atomic E-state index is 0.832. The highest BCUT2D eigenvalue weighted by Gasteiger charge is 2.28. The number of benzene rings is 1. The van der Waals surface area contributed by atoms with Crippen molar-refractivity contribution in [2.24, 2.45) is 0 Å². The van der Waals surface area contributed by atoms with Gasteiger partial charge in [0.15, 0.2) is 0 Å². The lowest BCUT2D eigenvalue weighted by Crippen LogP contribution is -2.37. The molecule has 3 fully saturated rings. The van der Waals surface area contributed by atoms with Gasteiger partial charge in [-0.05, 0) is 31.5 Å². The molecule has 16 heavy (non-hydrogen) atoms. The van der Waals surface area contributed by atoms with E-state index in [0.29, 0.717) is 0 Å². The molecule has 0 atom stereocenters. The van der Waals surface area contributed by atoms with E-state index in [-0.39, 0.29) is 0 Å². The monoisotopic (exact) mass is 216 g/mol. The van der Waals surface area contributed by atoms with Gasteiger partial charge in [-0.15, -0.1) is 0 Å². The first-order valence-corrected chi connectivity index (χ1v) is 6.42. The van der Waals surface area contributed by atoms with Crippen LogP contribution < -0.4 is 0 Å². The molecule has 86 valence electrons. The second-order valence-electron chi connectivity index (χ2n) is 5.03. The van der Waals surface area contributed by atoms with Crippen LogP contribution in [0.5, 0.6) is 0 Å². The molecular weight excluding hydrogens is 196 g/mol. The number of hydrogen-bond donors (Lipinski definition) is 0. The molecule has 2 heteroatoms. The lowest BCUT2D eigenvalue weighted by Gasteiger charge is -2.31. The van der Waals surface area contributed by atoms with E-state index in [1.165, 1.54) is 44.6 Å². The third-order valence-electron chi connectivity index (χ3n) is 4.01. The first kappa shape index (κ1) is 10.3. The van der Waals surface area contributed by atoms with Gasteiger partial charge in [-0.2, -0.15) is 0 Å². The van der Waals surface area contributed by atoms with Crippen LogP contribution in [0.2, 0.25) is 0 Å². The summed E-state index contributed by atoms with van der Waals surface area (Å²) in [7, 11) is 0. The molecule has 3 heterocycles. The van der Waals surface area contributed by atoms with E-state index < -0.39 is 0 Å². The Balaban J connectivity index is 1.70. The fraction of sp³-hybridized carbons (Fsp3) is 0.571. The summed E-state index contributed by atoms with van der Waals surface area (Å²) in [5.74, 6) is 0. The van der Waals surface area contributed by atoms with Crippen LogP contribution in [-0.2, 0) is 6.54 Å². The van der Waals surface area contributed by atoms with Gasteiger partial charge in [0.25, 0.3) is 0 Å². The molecule has 0 unspecified atom stereocenters. The summed E-state index contributed by atoms with van der Waals surface area (Å²) in [6.07, 6.45) is 2.74. The van der Waals surface area contributed by atoms with Gasteiger partial charge >= 0.3 is 0 Å². The van der Waals surface area contributed by atoms with Crippen molar-refractivity contribution in [3.05, 3.63) is 35.9 Å². The molecule has 4 rings (SSSR count). The zero-order chi connectivity index (χ0) is 10.8. The van der Waals surface area contributed by atoms with E-state index in [4.69, 9.17) is 0 Å². The van der Waals surface area contributed by atoms with Crippen LogP contribution in [0.25, 0.3) is 0 Å². The fourth-order valence-corrected chi connectivity index (χ4v) is 2.99. The fourth-order valence-electron chi connectivity index (χ4n) is 2.99. The van der Waals surface area contributed by atoms with Crippen molar-refractivity contribution < 1.29 is 0 Å². The molecule has 0 spiro atoms. The van der Waals surface area contributed by atoms with E-state index in [0.717, 1.165) is 12.6 Å². The predicted molar refractivity (Wildman–Crippen MR) is 66.3 cm³/mol. The number of nitrogens with zero attached hydrogens (tertiary/aromatic N) is 2. The Morgan fingerprint density at radius 3 is 2.44 bits per heavy atom. The van der Waals surface area contributed by atoms with Gasteiger partial charge in [-0.25, -0.2) is 0 Å². The molecule has 1 aromatic carbocycles. The summed E-state index contributed by atoms with van der Waals surface area (Å²) >= 11 is 0. The van der Waals surface area contributed by atoms with E-state index >= 15 is 0 Å². The number of fused-ring (bicyclic) bond motifs is 4. The Morgan fingerprint density at radius 2 is 1.69 bits per heavy atom. The Morgan fingerprint density at radius 1 is 0.938 bits per heavy atom. The molecule has 0 radical (unpaired) electrons. The van der Waals surface area contributed by atoms with Gasteiger partial charge in [0.05, 0.1) is 0 Å². The Bertz CT molecular complexity index is 328. The summed E-state index contributed by atoms with van der Waals surface area (Å²) in [5, 5.41) is 0. The molecule has 0 aromatic heterocycles. The second-order valence-corrected chi connectivity index (χ2v) is 5.03. The lowest BCUT2D eigenvalue weighted by molar-refractivity contribution is 0.176. The van der Waals surface area contributed by atoms with Crippen LogP contribution in [0.3, 0.4) is 0 Å². The lowest BCUT2D eigenvalue weighted by atomic mass is 10.0. The maximum atomic E-state index is 2.68. The largest absolute Gasteiger partial charge is 0.302 e. The smallest absolute Gasteiger partial charge is 0.0237 e. The van der Waals surface area contributed by atoms with Crippen LogP contribution in [0, 0.1) is 0 Å². The molecule has 0 saturated carbocycles. The van der Waals surface area contributed by atoms with Gasteiger partial charge in [-0.3, -0.25) is 4.90 Å². The Labute approximate surface area is 97.9 Å². The standard InChI is InChI=1S/C14H20N2/c1-2-4-13(5-3-1)12-16-11-10-15-8-6-14(16)7-9-15/h1-5,14H,6-12H2. The number of piperidine rings is 1. The van der Waals surface area contributed by atoms with Crippen molar-refractivity contribution in [1.82, 2.24) is 9.80 Å². The highest BCUT2D eigenvalue weighted by Crippen LogP contribution is 2.22. The second kappa shape index (κ2) is 4.56. The van der Waals surface area contributed by atoms with E-state index in [2.05, 4.69) is 40.1 Å². The molecule has 0 aliphatic carbocycles. The van der Waals surface area contributed by atoms with Crippen molar-refractivity contribution in [3.8, 4) is 0 Å².